The van der Waals surface area contributed by atoms with Crippen molar-refractivity contribution in [3.05, 3.63) is 47.0 Å². The molecule has 0 saturated carbocycles. The van der Waals surface area contributed by atoms with E-state index < -0.39 is 5.82 Å². The second-order valence-electron chi connectivity index (χ2n) is 4.19. The summed E-state index contributed by atoms with van der Waals surface area (Å²) in [6.07, 6.45) is 2.28. The van der Waals surface area contributed by atoms with Gasteiger partial charge in [-0.1, -0.05) is 6.92 Å². The lowest BCUT2D eigenvalue weighted by atomic mass is 10.0. The molecule has 4 nitrogen and oxygen atoms in total. The second kappa shape index (κ2) is 5.22. The van der Waals surface area contributed by atoms with Crippen molar-refractivity contribution in [3.63, 3.8) is 0 Å². The van der Waals surface area contributed by atoms with Crippen molar-refractivity contribution >= 4 is 5.78 Å². The highest BCUT2D eigenvalue weighted by Crippen LogP contribution is 2.23. The van der Waals surface area contributed by atoms with Crippen molar-refractivity contribution in [1.29, 1.82) is 0 Å². The number of hydrogen-bond acceptors (Lipinski definition) is 3. The number of aryl methyl sites for hydroxylation is 2. The van der Waals surface area contributed by atoms with E-state index in [1.807, 2.05) is 6.92 Å². The van der Waals surface area contributed by atoms with Crippen LogP contribution in [0.25, 0.3) is 0 Å². The number of rotatable bonds is 4. The van der Waals surface area contributed by atoms with Gasteiger partial charge in [0.05, 0.1) is 23.9 Å². The molecule has 0 spiro atoms. The number of carbonyl (C=O) groups is 1. The van der Waals surface area contributed by atoms with Gasteiger partial charge in [0.1, 0.15) is 11.6 Å². The minimum atomic E-state index is -0.467. The van der Waals surface area contributed by atoms with E-state index >= 15 is 0 Å². The molecule has 0 bridgehead atoms. The molecule has 0 amide bonds. The molecule has 1 aromatic heterocycles. The summed E-state index contributed by atoms with van der Waals surface area (Å²) in [5, 5.41) is 4.21. The molecule has 100 valence electrons. The summed E-state index contributed by atoms with van der Waals surface area (Å²) in [4.78, 5) is 12.5. The van der Waals surface area contributed by atoms with Crippen molar-refractivity contribution in [2.75, 3.05) is 7.11 Å². The van der Waals surface area contributed by atoms with Crippen LogP contribution in [0.1, 0.15) is 28.5 Å². The molecule has 0 N–H and O–H groups in total. The van der Waals surface area contributed by atoms with Crippen LogP contribution in [-0.4, -0.2) is 22.7 Å². The first kappa shape index (κ1) is 13.3. The molecule has 0 fully saturated rings. The largest absolute Gasteiger partial charge is 0.496 e. The van der Waals surface area contributed by atoms with Gasteiger partial charge in [0.15, 0.2) is 5.78 Å². The Morgan fingerprint density at radius 1 is 1.42 bits per heavy atom. The Morgan fingerprint density at radius 2 is 2.16 bits per heavy atom. The average molecular weight is 262 g/mol. The molecule has 2 aromatic rings. The number of ether oxygens (including phenoxy) is 1. The maximum atomic E-state index is 13.3. The lowest BCUT2D eigenvalue weighted by molar-refractivity contribution is 0.103. The second-order valence-corrected chi connectivity index (χ2v) is 4.19. The lowest BCUT2D eigenvalue weighted by Gasteiger charge is -2.07. The van der Waals surface area contributed by atoms with Gasteiger partial charge in [0.25, 0.3) is 0 Å². The van der Waals surface area contributed by atoms with Crippen LogP contribution in [0.4, 0.5) is 4.39 Å². The smallest absolute Gasteiger partial charge is 0.200 e. The number of nitrogens with zero attached hydrogens (tertiary/aromatic N) is 2. The molecule has 0 aliphatic carbocycles. The predicted molar refractivity (Wildman–Crippen MR) is 69.0 cm³/mol. The molecule has 0 aliphatic rings. The highest BCUT2D eigenvalue weighted by atomic mass is 19.1. The van der Waals surface area contributed by atoms with Gasteiger partial charge >= 0.3 is 0 Å². The fourth-order valence-electron chi connectivity index (χ4n) is 1.99. The number of benzene rings is 1. The van der Waals surface area contributed by atoms with Crippen molar-refractivity contribution in [2.45, 2.75) is 13.3 Å². The topological polar surface area (TPSA) is 44.1 Å². The van der Waals surface area contributed by atoms with Gasteiger partial charge in [-0.15, -0.1) is 0 Å². The fraction of sp³-hybridized carbons (Fsp3) is 0.286. The first-order valence-corrected chi connectivity index (χ1v) is 5.97. The van der Waals surface area contributed by atoms with E-state index in [1.165, 1.54) is 25.3 Å². The Balaban J connectivity index is 2.52. The zero-order chi connectivity index (χ0) is 14.0. The molecule has 2 rings (SSSR count). The van der Waals surface area contributed by atoms with E-state index in [-0.39, 0.29) is 11.3 Å². The minimum absolute atomic E-state index is 0.213. The molecule has 0 saturated heterocycles. The lowest BCUT2D eigenvalue weighted by Crippen LogP contribution is -2.06. The van der Waals surface area contributed by atoms with Crippen LogP contribution < -0.4 is 4.74 Å². The molecular formula is C14H15FN2O2. The quantitative estimate of drug-likeness (QED) is 0.794. The summed E-state index contributed by atoms with van der Waals surface area (Å²) in [5.41, 5.74) is 1.39. The summed E-state index contributed by atoms with van der Waals surface area (Å²) in [7, 11) is 3.20. The van der Waals surface area contributed by atoms with Gasteiger partial charge in [-0.2, -0.15) is 5.10 Å². The van der Waals surface area contributed by atoms with Gasteiger partial charge in [0.2, 0.25) is 0 Å². The van der Waals surface area contributed by atoms with Crippen LogP contribution >= 0.6 is 0 Å². The first-order chi connectivity index (χ1) is 9.06. The average Bonchev–Trinajstić information content (AvgIpc) is 2.79. The maximum absolute atomic E-state index is 13.3. The van der Waals surface area contributed by atoms with Gasteiger partial charge in [-0.25, -0.2) is 4.39 Å². The Morgan fingerprint density at radius 3 is 2.79 bits per heavy atom. The molecule has 1 heterocycles. The van der Waals surface area contributed by atoms with E-state index in [4.69, 9.17) is 4.74 Å². The molecule has 1 aromatic carbocycles. The number of carbonyl (C=O) groups excluding carboxylic acids is 1. The zero-order valence-corrected chi connectivity index (χ0v) is 11.1. The van der Waals surface area contributed by atoms with Crippen LogP contribution in [0.15, 0.2) is 24.4 Å². The normalized spacial score (nSPS) is 10.5. The highest BCUT2D eigenvalue weighted by Gasteiger charge is 2.20. The summed E-state index contributed by atoms with van der Waals surface area (Å²) < 4.78 is 20.0. The number of methoxy groups -OCH3 is 1. The van der Waals surface area contributed by atoms with Crippen LogP contribution in [0.2, 0.25) is 0 Å². The third kappa shape index (κ3) is 2.50. The zero-order valence-electron chi connectivity index (χ0n) is 11.1. The number of hydrogen-bond donors (Lipinski definition) is 0. The summed E-state index contributed by atoms with van der Waals surface area (Å²) in [6.45, 7) is 1.92. The van der Waals surface area contributed by atoms with Crippen LogP contribution in [0.3, 0.4) is 0 Å². The Bertz CT molecular complexity index is 620. The number of ketones is 1. The van der Waals surface area contributed by atoms with E-state index in [0.717, 1.165) is 0 Å². The number of halogens is 1. The monoisotopic (exact) mass is 262 g/mol. The fourth-order valence-corrected chi connectivity index (χ4v) is 1.99. The molecule has 0 radical (unpaired) electrons. The molecule has 0 aliphatic heterocycles. The molecule has 0 atom stereocenters. The van der Waals surface area contributed by atoms with Crippen molar-refractivity contribution < 1.29 is 13.9 Å². The van der Waals surface area contributed by atoms with E-state index in [0.29, 0.717) is 23.4 Å². The van der Waals surface area contributed by atoms with Crippen LogP contribution in [-0.2, 0) is 13.5 Å². The summed E-state index contributed by atoms with van der Waals surface area (Å²) >= 11 is 0. The van der Waals surface area contributed by atoms with Crippen LogP contribution in [0, 0.1) is 5.82 Å². The molecular weight excluding hydrogens is 247 g/mol. The predicted octanol–water partition coefficient (Wildman–Crippen LogP) is 2.36. The van der Waals surface area contributed by atoms with Gasteiger partial charge in [-0.05, 0) is 24.6 Å². The Hall–Kier alpha value is -2.17. The standard InChI is InChI=1S/C14H15FN2O2/c1-4-12-11(8-17(2)16-12)14(18)10-7-9(15)5-6-13(10)19-3/h5-8H,4H2,1-3H3. The third-order valence-electron chi connectivity index (χ3n) is 2.89. The summed E-state index contributed by atoms with van der Waals surface area (Å²) in [6, 6.07) is 3.90. The van der Waals surface area contributed by atoms with Crippen LogP contribution in [0.5, 0.6) is 5.75 Å². The SMILES string of the molecule is CCc1nn(C)cc1C(=O)c1cc(F)ccc1OC. The Kier molecular flexibility index (Phi) is 3.64. The van der Waals surface area contributed by atoms with E-state index in [9.17, 15) is 9.18 Å². The molecule has 0 unspecified atom stereocenters. The van der Waals surface area contributed by atoms with Gasteiger partial charge in [0, 0.05) is 13.2 Å². The molecule has 19 heavy (non-hydrogen) atoms. The highest BCUT2D eigenvalue weighted by molar-refractivity contribution is 6.11. The maximum Gasteiger partial charge on any atom is 0.200 e. The van der Waals surface area contributed by atoms with E-state index in [1.54, 1.807) is 17.9 Å². The van der Waals surface area contributed by atoms with E-state index in [2.05, 4.69) is 5.10 Å². The summed E-state index contributed by atoms with van der Waals surface area (Å²) in [5.74, 6) is -0.385. The van der Waals surface area contributed by atoms with Crippen molar-refractivity contribution in [2.24, 2.45) is 7.05 Å². The minimum Gasteiger partial charge on any atom is -0.496 e. The molecule has 5 heteroatoms. The first-order valence-electron chi connectivity index (χ1n) is 5.97. The number of aromatic nitrogens is 2. The van der Waals surface area contributed by atoms with Crippen molar-refractivity contribution in [1.82, 2.24) is 9.78 Å². The van der Waals surface area contributed by atoms with Gasteiger partial charge in [-0.3, -0.25) is 9.48 Å². The third-order valence-corrected chi connectivity index (χ3v) is 2.89. The van der Waals surface area contributed by atoms with Crippen molar-refractivity contribution in [3.8, 4) is 5.75 Å². The Labute approximate surface area is 110 Å². The van der Waals surface area contributed by atoms with Gasteiger partial charge < -0.3 is 4.74 Å².